The molecule has 1 amide bonds. The highest BCUT2D eigenvalue weighted by molar-refractivity contribution is 7.98. The molecule has 1 heterocycles. The molecular weight excluding hydrogens is 482 g/mol. The topological polar surface area (TPSA) is 32.3 Å². The Morgan fingerprint density at radius 3 is 2.47 bits per heavy atom. The fourth-order valence-corrected chi connectivity index (χ4v) is 5.20. The van der Waals surface area contributed by atoms with Gasteiger partial charge in [0.05, 0.1) is 10.0 Å². The van der Waals surface area contributed by atoms with Crippen LogP contribution in [-0.2, 0) is 17.1 Å². The van der Waals surface area contributed by atoms with Crippen LogP contribution in [0.1, 0.15) is 24.0 Å². The van der Waals surface area contributed by atoms with E-state index in [0.717, 1.165) is 55.1 Å². The van der Waals surface area contributed by atoms with Crippen molar-refractivity contribution in [3.8, 4) is 0 Å². The maximum atomic E-state index is 12.5. The molecule has 3 rings (SSSR count). The van der Waals surface area contributed by atoms with Crippen LogP contribution in [0, 0.1) is 5.92 Å². The molecule has 0 aliphatic carbocycles. The molecule has 1 fully saturated rings. The molecule has 0 atom stereocenters. The van der Waals surface area contributed by atoms with Gasteiger partial charge in [-0.1, -0.05) is 58.5 Å². The van der Waals surface area contributed by atoms with E-state index in [1.165, 1.54) is 0 Å². The molecule has 30 heavy (non-hydrogen) atoms. The molecule has 0 radical (unpaired) electrons. The Hall–Kier alpha value is -0.620. The monoisotopic (exact) mass is 504 g/mol. The zero-order valence-corrected chi connectivity index (χ0v) is 20.3. The highest BCUT2D eigenvalue weighted by Gasteiger charge is 2.24. The number of carbonyl (C=O) groups excluding carboxylic acids is 1. The van der Waals surface area contributed by atoms with E-state index >= 15 is 0 Å². The number of rotatable bonds is 8. The molecule has 0 aromatic heterocycles. The van der Waals surface area contributed by atoms with E-state index in [1.807, 2.05) is 30.3 Å². The Bertz CT molecular complexity index is 872. The van der Waals surface area contributed by atoms with E-state index in [9.17, 15) is 4.79 Å². The van der Waals surface area contributed by atoms with E-state index in [1.54, 1.807) is 17.8 Å². The number of likely N-dealkylation sites (tertiary alicyclic amines) is 1. The second kappa shape index (κ2) is 11.8. The Kier molecular flexibility index (Phi) is 9.49. The summed E-state index contributed by atoms with van der Waals surface area (Å²) in [5.74, 6) is 1.90. The van der Waals surface area contributed by atoms with Gasteiger partial charge in [0.2, 0.25) is 5.91 Å². The number of piperidine rings is 1. The average molecular weight is 506 g/mol. The first-order valence-electron chi connectivity index (χ1n) is 9.88. The Morgan fingerprint density at radius 2 is 1.77 bits per heavy atom. The number of hydrogen-bond donors (Lipinski definition) is 1. The molecule has 1 aliphatic rings. The molecular formula is C22H24Cl4N2OS. The van der Waals surface area contributed by atoms with Gasteiger partial charge in [-0.3, -0.25) is 9.69 Å². The molecule has 162 valence electrons. The fraction of sp³-hybridized carbons (Fsp3) is 0.409. The lowest BCUT2D eigenvalue weighted by atomic mass is 9.95. The minimum absolute atomic E-state index is 0.0887. The fourth-order valence-electron chi connectivity index (χ4n) is 3.46. The zero-order valence-electron chi connectivity index (χ0n) is 16.5. The highest BCUT2D eigenvalue weighted by Crippen LogP contribution is 2.26. The number of halogens is 4. The number of hydrogen-bond acceptors (Lipinski definition) is 3. The SMILES string of the molecule is O=C(NCCSCc1ccc(Cl)cc1Cl)C1CCN(Cc2ccc(Cl)c(Cl)c2)CC1. The number of nitrogens with zero attached hydrogens (tertiary/aromatic N) is 1. The molecule has 1 saturated heterocycles. The van der Waals surface area contributed by atoms with Gasteiger partial charge in [-0.05, 0) is 61.3 Å². The van der Waals surface area contributed by atoms with Crippen molar-refractivity contribution >= 4 is 64.1 Å². The molecule has 3 nitrogen and oxygen atoms in total. The molecule has 8 heteroatoms. The maximum absolute atomic E-state index is 12.5. The summed E-state index contributed by atoms with van der Waals surface area (Å²) in [5, 5.41) is 5.56. The first-order chi connectivity index (χ1) is 14.4. The Morgan fingerprint density at radius 1 is 1.00 bits per heavy atom. The Balaban J connectivity index is 1.32. The minimum atomic E-state index is 0.0887. The first kappa shape index (κ1) is 24.0. The van der Waals surface area contributed by atoms with Crippen molar-refractivity contribution in [1.29, 1.82) is 0 Å². The summed E-state index contributed by atoms with van der Waals surface area (Å²) in [6, 6.07) is 11.3. The van der Waals surface area contributed by atoms with Crippen LogP contribution in [0.2, 0.25) is 20.1 Å². The minimum Gasteiger partial charge on any atom is -0.355 e. The number of carbonyl (C=O) groups is 1. The summed E-state index contributed by atoms with van der Waals surface area (Å²) in [7, 11) is 0. The van der Waals surface area contributed by atoms with Gasteiger partial charge in [-0.2, -0.15) is 11.8 Å². The third-order valence-corrected chi connectivity index (χ3v) is 7.50. The van der Waals surface area contributed by atoms with Crippen LogP contribution in [0.15, 0.2) is 36.4 Å². The van der Waals surface area contributed by atoms with Crippen molar-refractivity contribution in [2.45, 2.75) is 25.1 Å². The second-order valence-electron chi connectivity index (χ2n) is 7.38. The van der Waals surface area contributed by atoms with E-state index in [2.05, 4.69) is 10.2 Å². The number of amides is 1. The van der Waals surface area contributed by atoms with Gasteiger partial charge in [0.25, 0.3) is 0 Å². The Labute approximate surface area is 202 Å². The van der Waals surface area contributed by atoms with Gasteiger partial charge in [-0.15, -0.1) is 0 Å². The van der Waals surface area contributed by atoms with Gasteiger partial charge < -0.3 is 5.32 Å². The van der Waals surface area contributed by atoms with Crippen LogP contribution in [0.4, 0.5) is 0 Å². The summed E-state index contributed by atoms with van der Waals surface area (Å²) < 4.78 is 0. The lowest BCUT2D eigenvalue weighted by Crippen LogP contribution is -2.40. The first-order valence-corrected chi connectivity index (χ1v) is 12.5. The van der Waals surface area contributed by atoms with Crippen molar-refractivity contribution in [1.82, 2.24) is 10.2 Å². The zero-order chi connectivity index (χ0) is 21.5. The molecule has 2 aromatic rings. The molecule has 0 unspecified atom stereocenters. The average Bonchev–Trinajstić information content (AvgIpc) is 2.72. The molecule has 1 N–H and O–H groups in total. The number of benzene rings is 2. The van der Waals surface area contributed by atoms with Gasteiger partial charge in [0, 0.05) is 40.6 Å². The summed E-state index contributed by atoms with van der Waals surface area (Å²) >= 11 is 25.9. The lowest BCUT2D eigenvalue weighted by molar-refractivity contribution is -0.126. The predicted molar refractivity (Wildman–Crippen MR) is 130 cm³/mol. The molecule has 2 aromatic carbocycles. The standard InChI is InChI=1S/C22H24Cl4N2OS/c23-18-3-2-17(20(25)12-18)14-30-10-7-27-22(29)16-5-8-28(9-6-16)13-15-1-4-19(24)21(26)11-15/h1-4,11-12,16H,5-10,13-14H2,(H,27,29). The van der Waals surface area contributed by atoms with Crippen molar-refractivity contribution in [2.24, 2.45) is 5.92 Å². The molecule has 0 spiro atoms. The lowest BCUT2D eigenvalue weighted by Gasteiger charge is -2.31. The molecule has 0 saturated carbocycles. The van der Waals surface area contributed by atoms with Crippen LogP contribution in [0.25, 0.3) is 0 Å². The van der Waals surface area contributed by atoms with E-state index in [4.69, 9.17) is 46.4 Å². The van der Waals surface area contributed by atoms with Crippen LogP contribution >= 0.6 is 58.2 Å². The second-order valence-corrected chi connectivity index (χ2v) is 10.1. The van der Waals surface area contributed by atoms with Gasteiger partial charge in [-0.25, -0.2) is 0 Å². The van der Waals surface area contributed by atoms with Crippen LogP contribution in [-0.4, -0.2) is 36.2 Å². The van der Waals surface area contributed by atoms with Gasteiger partial charge in [0.1, 0.15) is 0 Å². The van der Waals surface area contributed by atoms with E-state index < -0.39 is 0 Å². The normalized spacial score (nSPS) is 15.3. The van der Waals surface area contributed by atoms with Crippen LogP contribution < -0.4 is 5.32 Å². The van der Waals surface area contributed by atoms with Crippen molar-refractivity contribution in [3.05, 3.63) is 67.6 Å². The van der Waals surface area contributed by atoms with E-state index in [-0.39, 0.29) is 11.8 Å². The number of thioether (sulfide) groups is 1. The summed E-state index contributed by atoms with van der Waals surface area (Å²) in [6.45, 7) is 3.30. The predicted octanol–water partition coefficient (Wildman–Crippen LogP) is 6.56. The van der Waals surface area contributed by atoms with Crippen molar-refractivity contribution < 1.29 is 4.79 Å². The third kappa shape index (κ3) is 7.22. The van der Waals surface area contributed by atoms with Gasteiger partial charge >= 0.3 is 0 Å². The van der Waals surface area contributed by atoms with Crippen LogP contribution in [0.3, 0.4) is 0 Å². The summed E-state index contributed by atoms with van der Waals surface area (Å²) in [4.78, 5) is 14.8. The number of nitrogens with one attached hydrogen (secondary N) is 1. The quantitative estimate of drug-likeness (QED) is 0.412. The smallest absolute Gasteiger partial charge is 0.223 e. The third-order valence-electron chi connectivity index (χ3n) is 5.17. The maximum Gasteiger partial charge on any atom is 0.223 e. The summed E-state index contributed by atoms with van der Waals surface area (Å²) in [6.07, 6.45) is 1.75. The van der Waals surface area contributed by atoms with Crippen molar-refractivity contribution in [3.63, 3.8) is 0 Å². The molecule has 1 aliphatic heterocycles. The summed E-state index contributed by atoms with van der Waals surface area (Å²) in [5.41, 5.74) is 2.21. The van der Waals surface area contributed by atoms with Crippen LogP contribution in [0.5, 0.6) is 0 Å². The van der Waals surface area contributed by atoms with E-state index in [0.29, 0.717) is 26.6 Å². The highest BCUT2D eigenvalue weighted by atomic mass is 35.5. The van der Waals surface area contributed by atoms with Gasteiger partial charge in [0.15, 0.2) is 0 Å². The largest absolute Gasteiger partial charge is 0.355 e. The molecule has 0 bridgehead atoms. The van der Waals surface area contributed by atoms with Crippen molar-refractivity contribution in [2.75, 3.05) is 25.4 Å².